The number of rotatable bonds is 6. The lowest BCUT2D eigenvalue weighted by atomic mass is 10.1. The molecule has 0 aliphatic heterocycles. The fraction of sp³-hybridized carbons (Fsp3) is 0.333. The normalized spacial score (nSPS) is 15.0. The van der Waals surface area contributed by atoms with Crippen molar-refractivity contribution >= 4 is 5.91 Å². The number of hydrogen-bond acceptors (Lipinski definition) is 4. The van der Waals surface area contributed by atoms with Gasteiger partial charge in [-0.2, -0.15) is 0 Å². The van der Waals surface area contributed by atoms with E-state index in [0.29, 0.717) is 18.0 Å². The van der Waals surface area contributed by atoms with E-state index in [1.54, 1.807) is 19.5 Å². The molecule has 120 valence electrons. The zero-order valence-electron chi connectivity index (χ0n) is 13.2. The van der Waals surface area contributed by atoms with E-state index in [4.69, 9.17) is 10.5 Å². The van der Waals surface area contributed by atoms with E-state index >= 15 is 0 Å². The van der Waals surface area contributed by atoms with Gasteiger partial charge in [0.25, 0.3) is 5.91 Å². The zero-order chi connectivity index (χ0) is 16.2. The zero-order valence-corrected chi connectivity index (χ0v) is 13.2. The highest BCUT2D eigenvalue weighted by Gasteiger charge is 2.28. The van der Waals surface area contributed by atoms with E-state index in [1.807, 2.05) is 30.3 Å². The summed E-state index contributed by atoms with van der Waals surface area (Å²) in [6, 6.07) is 9.55. The maximum atomic E-state index is 12.2. The number of methoxy groups -OCH3 is 1. The fourth-order valence-corrected chi connectivity index (χ4v) is 2.51. The van der Waals surface area contributed by atoms with Gasteiger partial charge in [0.2, 0.25) is 0 Å². The van der Waals surface area contributed by atoms with Crippen LogP contribution in [0.2, 0.25) is 0 Å². The summed E-state index contributed by atoms with van der Waals surface area (Å²) in [7, 11) is 1.63. The number of nitrogens with one attached hydrogen (secondary N) is 1. The Balaban J connectivity index is 1.69. The molecule has 0 spiro atoms. The summed E-state index contributed by atoms with van der Waals surface area (Å²) >= 11 is 0. The number of pyridine rings is 1. The number of nitrogens with two attached hydrogens (primary N) is 1. The minimum absolute atomic E-state index is 0.0525. The van der Waals surface area contributed by atoms with E-state index in [2.05, 4.69) is 10.3 Å². The third-order valence-corrected chi connectivity index (χ3v) is 4.15. The van der Waals surface area contributed by atoms with Gasteiger partial charge in [0.15, 0.2) is 0 Å². The van der Waals surface area contributed by atoms with Gasteiger partial charge in [0.05, 0.1) is 12.7 Å². The van der Waals surface area contributed by atoms with Crippen molar-refractivity contribution < 1.29 is 9.53 Å². The van der Waals surface area contributed by atoms with Crippen LogP contribution in [0, 0.1) is 5.92 Å². The lowest BCUT2D eigenvalue weighted by Crippen LogP contribution is -2.38. The first-order valence-electron chi connectivity index (χ1n) is 7.80. The molecule has 1 unspecified atom stereocenters. The molecule has 0 bridgehead atoms. The molecule has 1 aliphatic rings. The van der Waals surface area contributed by atoms with Gasteiger partial charge in [-0.05, 0) is 42.5 Å². The number of carbonyl (C=O) groups is 1. The van der Waals surface area contributed by atoms with Crippen molar-refractivity contribution in [2.45, 2.75) is 18.9 Å². The molecule has 1 heterocycles. The quantitative estimate of drug-likeness (QED) is 0.857. The minimum atomic E-state index is -0.135. The topological polar surface area (TPSA) is 77.2 Å². The summed E-state index contributed by atoms with van der Waals surface area (Å²) in [5.74, 6) is 1.23. The third-order valence-electron chi connectivity index (χ3n) is 4.15. The molecule has 1 atom stereocenters. The van der Waals surface area contributed by atoms with Crippen LogP contribution in [-0.4, -0.2) is 30.6 Å². The Kier molecular flexibility index (Phi) is 4.57. The van der Waals surface area contributed by atoms with Crippen LogP contribution < -0.4 is 15.8 Å². The highest BCUT2D eigenvalue weighted by atomic mass is 16.5. The van der Waals surface area contributed by atoms with Gasteiger partial charge in [-0.1, -0.05) is 12.1 Å². The number of ether oxygens (including phenoxy) is 1. The second-order valence-corrected chi connectivity index (χ2v) is 5.90. The van der Waals surface area contributed by atoms with Crippen LogP contribution >= 0.6 is 0 Å². The van der Waals surface area contributed by atoms with Crippen molar-refractivity contribution in [3.63, 3.8) is 0 Å². The summed E-state index contributed by atoms with van der Waals surface area (Å²) in [5, 5.41) is 2.89. The van der Waals surface area contributed by atoms with Gasteiger partial charge in [0, 0.05) is 30.5 Å². The molecule has 1 aliphatic carbocycles. The number of hydrogen-bond donors (Lipinski definition) is 2. The van der Waals surface area contributed by atoms with Crippen molar-refractivity contribution in [3.8, 4) is 16.9 Å². The summed E-state index contributed by atoms with van der Waals surface area (Å²) in [6.07, 6.45) is 5.66. The smallest absolute Gasteiger partial charge is 0.252 e. The largest absolute Gasteiger partial charge is 0.497 e. The summed E-state index contributed by atoms with van der Waals surface area (Å²) in [4.78, 5) is 16.4. The predicted molar refractivity (Wildman–Crippen MR) is 89.3 cm³/mol. The Morgan fingerprint density at radius 3 is 2.70 bits per heavy atom. The summed E-state index contributed by atoms with van der Waals surface area (Å²) in [6.45, 7) is 0.510. The molecule has 5 nitrogen and oxygen atoms in total. The number of benzene rings is 1. The number of carbonyl (C=O) groups excluding carboxylic acids is 1. The van der Waals surface area contributed by atoms with Crippen LogP contribution in [0.4, 0.5) is 0 Å². The predicted octanol–water partition coefficient (Wildman–Crippen LogP) is 2.22. The molecule has 23 heavy (non-hydrogen) atoms. The molecule has 0 saturated heterocycles. The van der Waals surface area contributed by atoms with Gasteiger partial charge in [-0.3, -0.25) is 9.78 Å². The molecule has 1 amide bonds. The Morgan fingerprint density at radius 1 is 1.30 bits per heavy atom. The van der Waals surface area contributed by atoms with E-state index in [1.165, 1.54) is 12.8 Å². The van der Waals surface area contributed by atoms with Crippen molar-refractivity contribution in [3.05, 3.63) is 48.3 Å². The average Bonchev–Trinajstić information content (AvgIpc) is 3.44. The molecule has 0 radical (unpaired) electrons. The van der Waals surface area contributed by atoms with Crippen LogP contribution in [0.1, 0.15) is 23.2 Å². The van der Waals surface area contributed by atoms with E-state index < -0.39 is 0 Å². The van der Waals surface area contributed by atoms with E-state index in [9.17, 15) is 4.79 Å². The van der Waals surface area contributed by atoms with Crippen LogP contribution in [-0.2, 0) is 0 Å². The van der Waals surface area contributed by atoms with Crippen molar-refractivity contribution in [2.24, 2.45) is 11.7 Å². The third kappa shape index (κ3) is 3.87. The first-order valence-corrected chi connectivity index (χ1v) is 7.80. The van der Waals surface area contributed by atoms with Crippen molar-refractivity contribution in [1.29, 1.82) is 0 Å². The van der Waals surface area contributed by atoms with Crippen LogP contribution in [0.25, 0.3) is 11.1 Å². The molecule has 3 rings (SSSR count). The number of aromatic nitrogens is 1. The van der Waals surface area contributed by atoms with Gasteiger partial charge < -0.3 is 15.8 Å². The Bertz CT molecular complexity index is 681. The number of nitrogens with zero attached hydrogens (tertiary/aromatic N) is 1. The van der Waals surface area contributed by atoms with E-state index in [0.717, 1.165) is 16.9 Å². The molecule has 3 N–H and O–H groups in total. The lowest BCUT2D eigenvalue weighted by Gasteiger charge is -2.12. The second kappa shape index (κ2) is 6.79. The minimum Gasteiger partial charge on any atom is -0.497 e. The van der Waals surface area contributed by atoms with Gasteiger partial charge in [-0.15, -0.1) is 0 Å². The van der Waals surface area contributed by atoms with Crippen LogP contribution in [0.5, 0.6) is 5.75 Å². The molecule has 2 aromatic rings. The first kappa shape index (κ1) is 15.5. The van der Waals surface area contributed by atoms with Gasteiger partial charge >= 0.3 is 0 Å². The van der Waals surface area contributed by atoms with Crippen LogP contribution in [0.15, 0.2) is 42.7 Å². The highest BCUT2D eigenvalue weighted by Crippen LogP contribution is 2.31. The van der Waals surface area contributed by atoms with Crippen molar-refractivity contribution in [2.75, 3.05) is 13.7 Å². The summed E-state index contributed by atoms with van der Waals surface area (Å²) < 4.78 is 5.15. The van der Waals surface area contributed by atoms with Crippen molar-refractivity contribution in [1.82, 2.24) is 10.3 Å². The van der Waals surface area contributed by atoms with Gasteiger partial charge in [-0.25, -0.2) is 0 Å². The molecule has 1 aromatic heterocycles. The average molecular weight is 311 g/mol. The maximum Gasteiger partial charge on any atom is 0.252 e. The number of amides is 1. The molecule has 1 saturated carbocycles. The summed E-state index contributed by atoms with van der Waals surface area (Å²) in [5.41, 5.74) is 8.44. The Labute approximate surface area is 135 Å². The Morgan fingerprint density at radius 2 is 2.04 bits per heavy atom. The van der Waals surface area contributed by atoms with Crippen LogP contribution in [0.3, 0.4) is 0 Å². The SMILES string of the molecule is COc1ccc(-c2cncc(C(=O)NCC(N)C3CC3)c2)cc1. The molecule has 1 fully saturated rings. The fourth-order valence-electron chi connectivity index (χ4n) is 2.51. The highest BCUT2D eigenvalue weighted by molar-refractivity contribution is 5.95. The molecular formula is C18H21N3O2. The molecule has 1 aromatic carbocycles. The maximum absolute atomic E-state index is 12.2. The Hall–Kier alpha value is -2.40. The van der Waals surface area contributed by atoms with Gasteiger partial charge in [0.1, 0.15) is 5.75 Å². The molecule has 5 heteroatoms. The monoisotopic (exact) mass is 311 g/mol. The lowest BCUT2D eigenvalue weighted by molar-refractivity contribution is 0.0950. The first-order chi connectivity index (χ1) is 11.2. The second-order valence-electron chi connectivity index (χ2n) is 5.90. The standard InChI is InChI=1S/C18H21N3O2/c1-23-16-6-4-12(5-7-16)14-8-15(10-20-9-14)18(22)21-11-17(19)13-2-3-13/h4-10,13,17H,2-3,11,19H2,1H3,(H,21,22). The molecular weight excluding hydrogens is 290 g/mol. The van der Waals surface area contributed by atoms with E-state index in [-0.39, 0.29) is 11.9 Å².